The molecule has 3 heteroatoms. The van der Waals surface area contributed by atoms with E-state index < -0.39 is 0 Å². The molecule has 0 aromatic heterocycles. The molecule has 1 fully saturated rings. The first-order valence-electron chi connectivity index (χ1n) is 7.66. The Balaban J connectivity index is 1.93. The van der Waals surface area contributed by atoms with Gasteiger partial charge < -0.3 is 10.6 Å². The molecule has 0 aliphatic carbocycles. The summed E-state index contributed by atoms with van der Waals surface area (Å²) in [6.07, 6.45) is 3.57. The van der Waals surface area contributed by atoms with Crippen LogP contribution in [0.5, 0.6) is 0 Å². The Morgan fingerprint density at radius 2 is 2.15 bits per heavy atom. The van der Waals surface area contributed by atoms with Crippen molar-refractivity contribution in [3.05, 3.63) is 35.4 Å². The van der Waals surface area contributed by atoms with Crippen LogP contribution in [0, 0.1) is 12.8 Å². The van der Waals surface area contributed by atoms with Gasteiger partial charge in [0.2, 0.25) is 5.91 Å². The number of hydrogen-bond donors (Lipinski definition) is 1. The quantitative estimate of drug-likeness (QED) is 0.917. The molecule has 2 atom stereocenters. The number of hydrogen-bond acceptors (Lipinski definition) is 2. The normalized spacial score (nSPS) is 22.9. The number of likely N-dealkylation sites (tertiary alicyclic amines) is 1. The van der Waals surface area contributed by atoms with Crippen molar-refractivity contribution in [3.8, 4) is 0 Å². The Bertz CT molecular complexity index is 458. The van der Waals surface area contributed by atoms with Crippen molar-refractivity contribution in [1.82, 2.24) is 4.90 Å². The maximum atomic E-state index is 12.4. The zero-order valence-electron chi connectivity index (χ0n) is 12.6. The highest BCUT2D eigenvalue weighted by molar-refractivity contribution is 5.77. The molecule has 0 spiro atoms. The highest BCUT2D eigenvalue weighted by Crippen LogP contribution is 2.23. The number of aryl methyl sites for hydroxylation is 2. The first kappa shape index (κ1) is 15.0. The molecule has 1 saturated heterocycles. The van der Waals surface area contributed by atoms with Crippen LogP contribution in [-0.2, 0) is 11.2 Å². The van der Waals surface area contributed by atoms with E-state index in [4.69, 9.17) is 5.73 Å². The third kappa shape index (κ3) is 3.60. The summed E-state index contributed by atoms with van der Waals surface area (Å²) in [7, 11) is 0. The van der Waals surface area contributed by atoms with Crippen LogP contribution in [-0.4, -0.2) is 29.9 Å². The Labute approximate surface area is 122 Å². The van der Waals surface area contributed by atoms with Gasteiger partial charge in [-0.2, -0.15) is 0 Å². The summed E-state index contributed by atoms with van der Waals surface area (Å²) in [5.41, 5.74) is 8.37. The maximum Gasteiger partial charge on any atom is 0.223 e. The average molecular weight is 274 g/mol. The number of benzene rings is 1. The fourth-order valence-corrected chi connectivity index (χ4v) is 3.08. The van der Waals surface area contributed by atoms with Gasteiger partial charge in [0.15, 0.2) is 0 Å². The number of nitrogens with two attached hydrogens (primary N) is 1. The van der Waals surface area contributed by atoms with Gasteiger partial charge in [-0.25, -0.2) is 0 Å². The largest absolute Gasteiger partial charge is 0.338 e. The summed E-state index contributed by atoms with van der Waals surface area (Å²) in [5.74, 6) is 0.944. The van der Waals surface area contributed by atoms with Crippen LogP contribution >= 0.6 is 0 Å². The molecule has 20 heavy (non-hydrogen) atoms. The SMILES string of the molecule is Cc1ccccc1CCC(=O)N1CCC(C)CC1CN. The fourth-order valence-electron chi connectivity index (χ4n) is 3.08. The molecule has 110 valence electrons. The standard InChI is InChI=1S/C17H26N2O/c1-13-9-10-19(16(11-13)12-18)17(20)8-7-15-6-4-3-5-14(15)2/h3-6,13,16H,7-12,18H2,1-2H3. The van der Waals surface area contributed by atoms with Crippen LogP contribution in [0.3, 0.4) is 0 Å². The number of nitrogens with zero attached hydrogens (tertiary/aromatic N) is 1. The monoisotopic (exact) mass is 274 g/mol. The maximum absolute atomic E-state index is 12.4. The molecule has 2 N–H and O–H groups in total. The lowest BCUT2D eigenvalue weighted by molar-refractivity contribution is -0.135. The molecule has 1 aliphatic heterocycles. The smallest absolute Gasteiger partial charge is 0.223 e. The molecular formula is C17H26N2O. The van der Waals surface area contributed by atoms with Crippen LogP contribution in [0.15, 0.2) is 24.3 Å². The molecule has 1 heterocycles. The third-order valence-corrected chi connectivity index (χ3v) is 4.44. The van der Waals surface area contributed by atoms with Gasteiger partial charge in [-0.05, 0) is 43.2 Å². The molecular weight excluding hydrogens is 248 g/mol. The second kappa shape index (κ2) is 6.89. The van der Waals surface area contributed by atoms with E-state index in [1.54, 1.807) is 0 Å². The van der Waals surface area contributed by atoms with Gasteiger partial charge in [-0.3, -0.25) is 4.79 Å². The van der Waals surface area contributed by atoms with Crippen LogP contribution in [0.4, 0.5) is 0 Å². The first-order valence-corrected chi connectivity index (χ1v) is 7.66. The van der Waals surface area contributed by atoms with Gasteiger partial charge in [0.05, 0.1) is 0 Å². The van der Waals surface area contributed by atoms with Gasteiger partial charge in [-0.1, -0.05) is 31.2 Å². The molecule has 0 saturated carbocycles. The van der Waals surface area contributed by atoms with E-state index in [0.29, 0.717) is 18.9 Å². The van der Waals surface area contributed by atoms with E-state index in [-0.39, 0.29) is 11.9 Å². The van der Waals surface area contributed by atoms with Crippen molar-refractivity contribution < 1.29 is 4.79 Å². The summed E-state index contributed by atoms with van der Waals surface area (Å²) in [6.45, 7) is 5.80. The van der Waals surface area contributed by atoms with Gasteiger partial charge in [0.1, 0.15) is 0 Å². The lowest BCUT2D eigenvalue weighted by Gasteiger charge is -2.38. The van der Waals surface area contributed by atoms with Crippen molar-refractivity contribution in [2.45, 2.75) is 45.6 Å². The predicted molar refractivity (Wildman–Crippen MR) is 82.5 cm³/mol. The number of amides is 1. The summed E-state index contributed by atoms with van der Waals surface area (Å²) in [4.78, 5) is 14.4. The first-order chi connectivity index (χ1) is 9.61. The molecule has 1 amide bonds. The highest BCUT2D eigenvalue weighted by atomic mass is 16.2. The summed E-state index contributed by atoms with van der Waals surface area (Å²) in [5, 5.41) is 0. The molecule has 2 unspecified atom stereocenters. The van der Waals surface area contributed by atoms with E-state index in [1.165, 1.54) is 11.1 Å². The number of carbonyl (C=O) groups excluding carboxylic acids is 1. The zero-order chi connectivity index (χ0) is 14.5. The molecule has 1 aromatic rings. The minimum atomic E-state index is 0.239. The molecule has 0 bridgehead atoms. The van der Waals surface area contributed by atoms with Gasteiger partial charge in [-0.15, -0.1) is 0 Å². The van der Waals surface area contributed by atoms with E-state index in [9.17, 15) is 4.79 Å². The fraction of sp³-hybridized carbons (Fsp3) is 0.588. The number of rotatable bonds is 4. The topological polar surface area (TPSA) is 46.3 Å². The summed E-state index contributed by atoms with van der Waals surface area (Å²) in [6, 6.07) is 8.53. The highest BCUT2D eigenvalue weighted by Gasteiger charge is 2.28. The van der Waals surface area contributed by atoms with Crippen LogP contribution in [0.1, 0.15) is 37.3 Å². The number of piperidine rings is 1. The van der Waals surface area contributed by atoms with Gasteiger partial charge in [0, 0.05) is 25.6 Å². The van der Waals surface area contributed by atoms with E-state index in [0.717, 1.165) is 25.8 Å². The minimum Gasteiger partial charge on any atom is -0.338 e. The van der Waals surface area contributed by atoms with Crippen molar-refractivity contribution in [2.75, 3.05) is 13.1 Å². The second-order valence-corrected chi connectivity index (χ2v) is 6.03. The van der Waals surface area contributed by atoms with Gasteiger partial charge >= 0.3 is 0 Å². The molecule has 1 aromatic carbocycles. The summed E-state index contributed by atoms with van der Waals surface area (Å²) >= 11 is 0. The molecule has 1 aliphatic rings. The van der Waals surface area contributed by atoms with Crippen molar-refractivity contribution in [1.29, 1.82) is 0 Å². The third-order valence-electron chi connectivity index (χ3n) is 4.44. The van der Waals surface area contributed by atoms with Crippen LogP contribution < -0.4 is 5.73 Å². The molecule has 3 nitrogen and oxygen atoms in total. The lowest BCUT2D eigenvalue weighted by atomic mass is 9.92. The Hall–Kier alpha value is -1.35. The molecule has 0 radical (unpaired) electrons. The van der Waals surface area contributed by atoms with E-state index >= 15 is 0 Å². The Morgan fingerprint density at radius 3 is 2.85 bits per heavy atom. The second-order valence-electron chi connectivity index (χ2n) is 6.03. The van der Waals surface area contributed by atoms with Crippen LogP contribution in [0.25, 0.3) is 0 Å². The predicted octanol–water partition coefficient (Wildman–Crippen LogP) is 2.51. The Kier molecular flexibility index (Phi) is 5.18. The number of carbonyl (C=O) groups is 1. The minimum absolute atomic E-state index is 0.239. The lowest BCUT2D eigenvalue weighted by Crippen LogP contribution is -2.49. The van der Waals surface area contributed by atoms with E-state index in [2.05, 4.69) is 26.0 Å². The van der Waals surface area contributed by atoms with Gasteiger partial charge in [0.25, 0.3) is 0 Å². The average Bonchev–Trinajstić information content (AvgIpc) is 2.46. The Morgan fingerprint density at radius 1 is 1.40 bits per heavy atom. The summed E-state index contributed by atoms with van der Waals surface area (Å²) < 4.78 is 0. The molecule has 2 rings (SSSR count). The van der Waals surface area contributed by atoms with Crippen molar-refractivity contribution in [2.24, 2.45) is 11.7 Å². The van der Waals surface area contributed by atoms with Crippen LogP contribution in [0.2, 0.25) is 0 Å². The van der Waals surface area contributed by atoms with Crippen molar-refractivity contribution in [3.63, 3.8) is 0 Å². The zero-order valence-corrected chi connectivity index (χ0v) is 12.6. The van der Waals surface area contributed by atoms with Crippen molar-refractivity contribution >= 4 is 5.91 Å². The van der Waals surface area contributed by atoms with E-state index in [1.807, 2.05) is 17.0 Å².